The van der Waals surface area contributed by atoms with Crippen LogP contribution in [0.25, 0.3) is 21.9 Å². The first-order chi connectivity index (χ1) is 8.56. The van der Waals surface area contributed by atoms with Gasteiger partial charge in [-0.1, -0.05) is 11.6 Å². The fourth-order valence-electron chi connectivity index (χ4n) is 1.92. The minimum Gasteiger partial charge on any atom is -0.502 e. The van der Waals surface area contributed by atoms with Crippen molar-refractivity contribution in [3.05, 3.63) is 45.5 Å². The van der Waals surface area contributed by atoms with E-state index in [1.807, 2.05) is 0 Å². The van der Waals surface area contributed by atoms with Gasteiger partial charge in [0.25, 0.3) is 0 Å². The van der Waals surface area contributed by atoms with E-state index < -0.39 is 10.7 Å². The number of phenols is 1. The number of nitro groups is 1. The number of hydrogen-bond donors (Lipinski definition) is 1. The van der Waals surface area contributed by atoms with Gasteiger partial charge in [-0.2, -0.15) is 0 Å². The molecule has 0 aliphatic rings. The molecule has 0 spiro atoms. The van der Waals surface area contributed by atoms with Crippen LogP contribution in [-0.4, -0.2) is 10.0 Å². The Bertz CT molecular complexity index is 793. The number of fused-ring (bicyclic) bond motifs is 3. The second-order valence-corrected chi connectivity index (χ2v) is 4.27. The third-order valence-electron chi connectivity index (χ3n) is 2.73. The maximum Gasteiger partial charge on any atom is 0.311 e. The zero-order chi connectivity index (χ0) is 12.9. The third-order valence-corrected chi connectivity index (χ3v) is 2.96. The first-order valence-corrected chi connectivity index (χ1v) is 5.43. The normalized spacial score (nSPS) is 11.2. The summed E-state index contributed by atoms with van der Waals surface area (Å²) in [4.78, 5) is 10.1. The van der Waals surface area contributed by atoms with Gasteiger partial charge in [0.1, 0.15) is 11.2 Å². The Labute approximate surface area is 105 Å². The lowest BCUT2D eigenvalue weighted by molar-refractivity contribution is -0.385. The standard InChI is InChI=1S/C12H6ClNO4/c13-6-1-2-7-8-4-9(14(16)17)10(15)5-12(8)18-11(7)3-6/h1-5,15H. The van der Waals surface area contributed by atoms with Crippen LogP contribution in [0.15, 0.2) is 34.7 Å². The van der Waals surface area contributed by atoms with Gasteiger partial charge in [-0.25, -0.2) is 0 Å². The van der Waals surface area contributed by atoms with Crippen LogP contribution >= 0.6 is 11.6 Å². The fourth-order valence-corrected chi connectivity index (χ4v) is 2.08. The number of aromatic hydroxyl groups is 1. The summed E-state index contributed by atoms with van der Waals surface area (Å²) >= 11 is 5.84. The van der Waals surface area contributed by atoms with E-state index in [4.69, 9.17) is 16.0 Å². The molecule has 0 saturated heterocycles. The average molecular weight is 264 g/mol. The van der Waals surface area contributed by atoms with E-state index in [1.165, 1.54) is 12.1 Å². The van der Waals surface area contributed by atoms with E-state index in [2.05, 4.69) is 0 Å². The Balaban J connectivity index is 2.45. The highest BCUT2D eigenvalue weighted by atomic mass is 35.5. The molecule has 0 bridgehead atoms. The molecule has 18 heavy (non-hydrogen) atoms. The van der Waals surface area contributed by atoms with Gasteiger partial charge in [-0.3, -0.25) is 10.1 Å². The Morgan fingerprint density at radius 2 is 1.89 bits per heavy atom. The average Bonchev–Trinajstić information content (AvgIpc) is 2.63. The summed E-state index contributed by atoms with van der Waals surface area (Å²) in [6, 6.07) is 7.56. The van der Waals surface area contributed by atoms with Crippen LogP contribution in [0.2, 0.25) is 5.02 Å². The number of benzene rings is 2. The summed E-state index contributed by atoms with van der Waals surface area (Å²) in [5.74, 6) is -0.419. The molecule has 2 aromatic carbocycles. The molecule has 0 fully saturated rings. The molecule has 1 heterocycles. The van der Waals surface area contributed by atoms with E-state index in [9.17, 15) is 15.2 Å². The van der Waals surface area contributed by atoms with Gasteiger partial charge in [0.2, 0.25) is 0 Å². The summed E-state index contributed by atoms with van der Waals surface area (Å²) in [6.07, 6.45) is 0. The highest BCUT2D eigenvalue weighted by molar-refractivity contribution is 6.31. The Morgan fingerprint density at radius 3 is 2.61 bits per heavy atom. The second-order valence-electron chi connectivity index (χ2n) is 3.84. The molecule has 0 amide bonds. The summed E-state index contributed by atoms with van der Waals surface area (Å²) in [6.45, 7) is 0. The zero-order valence-corrected chi connectivity index (χ0v) is 9.64. The molecule has 1 N–H and O–H groups in total. The molecule has 6 heteroatoms. The summed E-state index contributed by atoms with van der Waals surface area (Å²) in [5.41, 5.74) is 0.563. The molecule has 0 aliphatic carbocycles. The molecule has 0 atom stereocenters. The molecule has 3 aromatic rings. The molecule has 0 aliphatic heterocycles. The molecular weight excluding hydrogens is 258 g/mol. The maximum absolute atomic E-state index is 10.8. The smallest absolute Gasteiger partial charge is 0.311 e. The number of rotatable bonds is 1. The largest absolute Gasteiger partial charge is 0.502 e. The van der Waals surface area contributed by atoms with Crippen LogP contribution in [0.4, 0.5) is 5.69 Å². The van der Waals surface area contributed by atoms with Gasteiger partial charge in [0.05, 0.1) is 4.92 Å². The first kappa shape index (κ1) is 10.9. The van der Waals surface area contributed by atoms with E-state index >= 15 is 0 Å². The second kappa shape index (κ2) is 3.61. The quantitative estimate of drug-likeness (QED) is 0.534. The third kappa shape index (κ3) is 1.48. The monoisotopic (exact) mass is 263 g/mol. The van der Waals surface area contributed by atoms with Gasteiger partial charge in [0.15, 0.2) is 5.75 Å². The van der Waals surface area contributed by atoms with Crippen molar-refractivity contribution in [1.29, 1.82) is 0 Å². The van der Waals surface area contributed by atoms with Crippen molar-refractivity contribution in [2.24, 2.45) is 0 Å². The van der Waals surface area contributed by atoms with E-state index in [1.54, 1.807) is 18.2 Å². The predicted molar refractivity (Wildman–Crippen MR) is 67.0 cm³/mol. The van der Waals surface area contributed by atoms with Gasteiger partial charge in [-0.05, 0) is 12.1 Å². The summed E-state index contributed by atoms with van der Waals surface area (Å²) in [7, 11) is 0. The molecule has 0 radical (unpaired) electrons. The van der Waals surface area contributed by atoms with Crippen molar-refractivity contribution in [3.63, 3.8) is 0 Å². The van der Waals surface area contributed by atoms with Crippen molar-refractivity contribution < 1.29 is 14.4 Å². The molecule has 0 unspecified atom stereocenters. The van der Waals surface area contributed by atoms with E-state index in [-0.39, 0.29) is 5.69 Å². The Hall–Kier alpha value is -2.27. The van der Waals surface area contributed by atoms with Crippen molar-refractivity contribution >= 4 is 39.2 Å². The van der Waals surface area contributed by atoms with Crippen LogP contribution < -0.4 is 0 Å². The molecule has 0 saturated carbocycles. The Kier molecular flexibility index (Phi) is 2.18. The van der Waals surface area contributed by atoms with Crippen molar-refractivity contribution in [3.8, 4) is 5.75 Å². The van der Waals surface area contributed by atoms with Crippen LogP contribution in [0.3, 0.4) is 0 Å². The molecule has 90 valence electrons. The molecule has 1 aromatic heterocycles. The van der Waals surface area contributed by atoms with Gasteiger partial charge in [0, 0.05) is 34.0 Å². The van der Waals surface area contributed by atoms with Crippen LogP contribution in [0.1, 0.15) is 0 Å². The minimum atomic E-state index is -0.635. The van der Waals surface area contributed by atoms with Gasteiger partial charge < -0.3 is 9.52 Å². The zero-order valence-electron chi connectivity index (χ0n) is 8.88. The van der Waals surface area contributed by atoms with Crippen LogP contribution in [-0.2, 0) is 0 Å². The lowest BCUT2D eigenvalue weighted by Crippen LogP contribution is -1.87. The van der Waals surface area contributed by atoms with E-state index in [0.29, 0.717) is 21.6 Å². The number of phenolic OH excluding ortho intramolecular Hbond substituents is 1. The molecule has 3 rings (SSSR count). The van der Waals surface area contributed by atoms with Crippen LogP contribution in [0.5, 0.6) is 5.75 Å². The maximum atomic E-state index is 10.8. The molecule has 5 nitrogen and oxygen atoms in total. The molecular formula is C12H6ClNO4. The lowest BCUT2D eigenvalue weighted by Gasteiger charge is -1.95. The number of furan rings is 1. The lowest BCUT2D eigenvalue weighted by atomic mass is 10.1. The number of hydrogen-bond acceptors (Lipinski definition) is 4. The van der Waals surface area contributed by atoms with Gasteiger partial charge >= 0.3 is 5.69 Å². The number of nitrogens with zero attached hydrogens (tertiary/aromatic N) is 1. The minimum absolute atomic E-state index is 0.347. The van der Waals surface area contributed by atoms with Gasteiger partial charge in [-0.15, -0.1) is 0 Å². The number of halogens is 1. The predicted octanol–water partition coefficient (Wildman–Crippen LogP) is 3.85. The van der Waals surface area contributed by atoms with E-state index in [0.717, 1.165) is 5.39 Å². The van der Waals surface area contributed by atoms with Crippen molar-refractivity contribution in [2.45, 2.75) is 0 Å². The fraction of sp³-hybridized carbons (Fsp3) is 0. The highest BCUT2D eigenvalue weighted by Crippen LogP contribution is 2.37. The van der Waals surface area contributed by atoms with Crippen LogP contribution in [0, 0.1) is 10.1 Å². The summed E-state index contributed by atoms with van der Waals surface area (Å²) in [5, 5.41) is 22.1. The SMILES string of the molecule is O=[N+]([O-])c1cc2c(cc1O)oc1cc(Cl)ccc12. The first-order valence-electron chi connectivity index (χ1n) is 5.05. The number of nitro benzene ring substituents is 1. The van der Waals surface area contributed by atoms with Crippen molar-refractivity contribution in [2.75, 3.05) is 0 Å². The highest BCUT2D eigenvalue weighted by Gasteiger charge is 2.18. The van der Waals surface area contributed by atoms with Crippen molar-refractivity contribution in [1.82, 2.24) is 0 Å². The summed E-state index contributed by atoms with van der Waals surface area (Å²) < 4.78 is 5.48. The Morgan fingerprint density at radius 1 is 1.17 bits per heavy atom. The topological polar surface area (TPSA) is 76.5 Å².